The molecule has 17 rings (SSSR count). The minimum Gasteiger partial charge on any atom is -0.334 e. The molecule has 5 nitrogen and oxygen atoms in total. The number of rotatable bonds is 7. The largest absolute Gasteiger partial charge is 0.334 e. The van der Waals surface area contributed by atoms with Gasteiger partial charge < -0.3 is 23.5 Å². The van der Waals surface area contributed by atoms with Gasteiger partial charge in [-0.3, -0.25) is 0 Å². The minimum absolute atomic E-state index is 0.202. The van der Waals surface area contributed by atoms with E-state index in [1.54, 1.807) is 11.1 Å². The van der Waals surface area contributed by atoms with Crippen LogP contribution in [0.1, 0.15) is 42.9 Å². The third-order valence-corrected chi connectivity index (χ3v) is 18.0. The van der Waals surface area contributed by atoms with Gasteiger partial charge in [-0.2, -0.15) is 0 Å². The van der Waals surface area contributed by atoms with E-state index in [1.165, 1.54) is 106 Å². The molecule has 7 aromatic carbocycles. The van der Waals surface area contributed by atoms with Crippen molar-refractivity contribution in [2.24, 2.45) is 17.8 Å². The molecule has 6 unspecified atom stereocenters. The van der Waals surface area contributed by atoms with Crippen molar-refractivity contribution in [2.75, 3.05) is 9.80 Å². The molecule has 1 aliphatic heterocycles. The molecule has 0 N–H and O–H groups in total. The summed E-state index contributed by atoms with van der Waals surface area (Å²) < 4.78 is 7.49. The highest BCUT2D eigenvalue weighted by Gasteiger charge is 2.64. The first-order chi connectivity index (χ1) is 36.7. The Morgan fingerprint density at radius 1 is 0.514 bits per heavy atom. The predicted octanol–water partition coefficient (Wildman–Crippen LogP) is 16.6. The quantitative estimate of drug-likeness (QED) is 0.148. The van der Waals surface area contributed by atoms with Crippen molar-refractivity contribution < 1.29 is 0 Å². The molecule has 3 aromatic heterocycles. The van der Waals surface area contributed by atoms with Crippen molar-refractivity contribution in [3.63, 3.8) is 0 Å². The van der Waals surface area contributed by atoms with Crippen LogP contribution in [0.25, 0.3) is 71.6 Å². The SMILES string of the molecule is C1=CC2C3=C(C=CC4(N(c5ccccc5)c5ccc6c(c5)c5ccccc5n6-c5ccc6c(c5)c5ccccc5n6C5=CCCC=C5)CC34)N(c3ccc4c(c3)c3c(n4-c4ccccc4)CC=CC4CC34)C2C=C1. The van der Waals surface area contributed by atoms with Gasteiger partial charge in [0.05, 0.1) is 39.2 Å². The van der Waals surface area contributed by atoms with Crippen LogP contribution in [-0.2, 0) is 6.42 Å². The van der Waals surface area contributed by atoms with Gasteiger partial charge in [0.1, 0.15) is 0 Å². The standard InChI is InChI=1S/C69H53N5/c1-4-18-45(19-5-1)70-59-27-13-10-24-51(59)55-40-48(31-34-62(55)70)72-60-28-14-11-25-52(60)56-42-50(33-36-63(56)72)74(47-22-8-3-9-23-47)69-38-37-66-68(58(69)43-69)53-26-12-15-29-61(53)73(66)49-32-35-64-57(41-49)67-54-39-44(54)17-16-30-65(67)71(64)46-20-6-2-7-21-46/h2-4,6-29,31-38,40-42,44,53-54,58,61H,1,5,30,39,43H2. The van der Waals surface area contributed by atoms with Gasteiger partial charge in [-0.1, -0.05) is 127 Å². The molecule has 0 saturated heterocycles. The van der Waals surface area contributed by atoms with E-state index < -0.39 is 0 Å². The molecule has 7 aliphatic rings. The number of fused-ring (bicyclic) bond motifs is 15. The fraction of sp³-hybridized carbons (Fsp3) is 0.159. The summed E-state index contributed by atoms with van der Waals surface area (Å²) in [6.45, 7) is 0. The maximum Gasteiger partial charge on any atom is 0.0711 e. The fourth-order valence-electron chi connectivity index (χ4n) is 14.7. The van der Waals surface area contributed by atoms with Crippen LogP contribution in [0.3, 0.4) is 0 Å². The predicted molar refractivity (Wildman–Crippen MR) is 307 cm³/mol. The number of hydrogen-bond acceptors (Lipinski definition) is 2. The summed E-state index contributed by atoms with van der Waals surface area (Å²) in [5, 5.41) is 6.50. The molecule has 6 atom stereocenters. The summed E-state index contributed by atoms with van der Waals surface area (Å²) >= 11 is 0. The first-order valence-corrected chi connectivity index (χ1v) is 27.0. The topological polar surface area (TPSA) is 21.3 Å². The maximum atomic E-state index is 2.69. The van der Waals surface area contributed by atoms with E-state index in [-0.39, 0.29) is 11.6 Å². The Bertz CT molecular complexity index is 4280. The molecule has 2 saturated carbocycles. The van der Waals surface area contributed by atoms with Crippen LogP contribution in [0.4, 0.5) is 17.1 Å². The normalized spacial score (nSPS) is 23.9. The zero-order valence-corrected chi connectivity index (χ0v) is 41.1. The van der Waals surface area contributed by atoms with E-state index in [4.69, 9.17) is 0 Å². The molecule has 0 radical (unpaired) electrons. The van der Waals surface area contributed by atoms with E-state index in [0.29, 0.717) is 23.7 Å². The van der Waals surface area contributed by atoms with E-state index in [2.05, 4.69) is 254 Å². The highest BCUT2D eigenvalue weighted by molar-refractivity contribution is 6.13. The van der Waals surface area contributed by atoms with Gasteiger partial charge in [0, 0.05) is 90.7 Å². The zero-order chi connectivity index (χ0) is 48.2. The third kappa shape index (κ3) is 5.70. The summed E-state index contributed by atoms with van der Waals surface area (Å²) in [5.41, 5.74) is 19.5. The lowest BCUT2D eigenvalue weighted by Gasteiger charge is -2.36. The van der Waals surface area contributed by atoms with Gasteiger partial charge in [0.15, 0.2) is 0 Å². The van der Waals surface area contributed by atoms with Crippen LogP contribution in [0.15, 0.2) is 242 Å². The van der Waals surface area contributed by atoms with Gasteiger partial charge >= 0.3 is 0 Å². The van der Waals surface area contributed by atoms with Crippen molar-refractivity contribution in [3.05, 3.63) is 253 Å². The van der Waals surface area contributed by atoms with Crippen molar-refractivity contribution in [3.8, 4) is 11.4 Å². The molecule has 5 heteroatoms. The van der Waals surface area contributed by atoms with Crippen LogP contribution in [0.2, 0.25) is 0 Å². The molecule has 354 valence electrons. The van der Waals surface area contributed by atoms with Gasteiger partial charge in [0.2, 0.25) is 0 Å². The minimum atomic E-state index is -0.202. The summed E-state index contributed by atoms with van der Waals surface area (Å²) in [5.74, 6) is 1.91. The lowest BCUT2D eigenvalue weighted by atomic mass is 9.84. The van der Waals surface area contributed by atoms with Gasteiger partial charge in [-0.15, -0.1) is 0 Å². The lowest BCUT2D eigenvalue weighted by molar-refractivity contribution is 0.628. The van der Waals surface area contributed by atoms with E-state index in [9.17, 15) is 0 Å². The average molecular weight is 952 g/mol. The molecular formula is C69H53N5. The van der Waals surface area contributed by atoms with Gasteiger partial charge in [0.25, 0.3) is 0 Å². The first-order valence-electron chi connectivity index (χ1n) is 27.0. The molecule has 10 aromatic rings. The molecule has 6 aliphatic carbocycles. The number of hydrogen-bond donors (Lipinski definition) is 0. The second-order valence-corrected chi connectivity index (χ2v) is 21.8. The Labute approximate surface area is 430 Å². The molecule has 74 heavy (non-hydrogen) atoms. The Hall–Kier alpha value is -8.54. The third-order valence-electron chi connectivity index (χ3n) is 18.0. The van der Waals surface area contributed by atoms with Crippen LogP contribution < -0.4 is 9.80 Å². The van der Waals surface area contributed by atoms with Crippen molar-refractivity contribution in [1.82, 2.24) is 13.7 Å². The smallest absolute Gasteiger partial charge is 0.0711 e. The Morgan fingerprint density at radius 2 is 1.20 bits per heavy atom. The number of benzene rings is 7. The second-order valence-electron chi connectivity index (χ2n) is 21.8. The Morgan fingerprint density at radius 3 is 2.03 bits per heavy atom. The van der Waals surface area contributed by atoms with Crippen LogP contribution >= 0.6 is 0 Å². The summed E-state index contributed by atoms with van der Waals surface area (Å²) in [6, 6.07) is 62.1. The van der Waals surface area contributed by atoms with E-state index in [0.717, 1.165) is 25.7 Å². The molecule has 0 amide bonds. The first kappa shape index (κ1) is 41.0. The number of nitrogens with zero attached hydrogens (tertiary/aromatic N) is 5. The summed E-state index contributed by atoms with van der Waals surface area (Å²) in [4.78, 5) is 5.38. The molecule has 4 heterocycles. The van der Waals surface area contributed by atoms with Crippen LogP contribution in [-0.4, -0.2) is 25.3 Å². The van der Waals surface area contributed by atoms with Crippen LogP contribution in [0.5, 0.6) is 0 Å². The number of allylic oxidation sites excluding steroid dienone is 9. The molecule has 0 bridgehead atoms. The highest BCUT2D eigenvalue weighted by atomic mass is 15.3. The van der Waals surface area contributed by atoms with Crippen molar-refractivity contribution in [2.45, 2.75) is 49.6 Å². The molecule has 2 fully saturated rings. The Kier molecular flexibility index (Phi) is 8.45. The summed E-state index contributed by atoms with van der Waals surface area (Å²) in [7, 11) is 0. The summed E-state index contributed by atoms with van der Waals surface area (Å²) in [6.07, 6.45) is 31.9. The van der Waals surface area contributed by atoms with E-state index in [1.807, 2.05) is 0 Å². The Balaban J connectivity index is 0.785. The maximum absolute atomic E-state index is 2.69. The molecule has 0 spiro atoms. The highest BCUT2D eigenvalue weighted by Crippen LogP contribution is 2.65. The monoisotopic (exact) mass is 951 g/mol. The number of anilines is 3. The average Bonchev–Trinajstić information content (AvgIpc) is 4.26. The van der Waals surface area contributed by atoms with Crippen molar-refractivity contribution in [1.29, 1.82) is 0 Å². The fourth-order valence-corrected chi connectivity index (χ4v) is 14.7. The number of aromatic nitrogens is 3. The van der Waals surface area contributed by atoms with E-state index >= 15 is 0 Å². The lowest BCUT2D eigenvalue weighted by Crippen LogP contribution is -2.35. The van der Waals surface area contributed by atoms with Gasteiger partial charge in [-0.25, -0.2) is 0 Å². The van der Waals surface area contributed by atoms with Crippen LogP contribution in [0, 0.1) is 17.8 Å². The zero-order valence-electron chi connectivity index (χ0n) is 41.1. The second kappa shape index (κ2) is 15.3. The van der Waals surface area contributed by atoms with Gasteiger partial charge in [-0.05, 0) is 152 Å². The number of para-hydroxylation sites is 4. The molecular weight excluding hydrogens is 899 g/mol. The van der Waals surface area contributed by atoms with Crippen molar-refractivity contribution >= 4 is 77.3 Å².